The number of nitrogens with zero attached hydrogens (tertiary/aromatic N) is 1. The molecule has 0 aliphatic heterocycles. The van der Waals surface area contributed by atoms with Gasteiger partial charge in [0.2, 0.25) is 0 Å². The van der Waals surface area contributed by atoms with E-state index < -0.39 is 29.7 Å². The molecule has 9 heteroatoms. The van der Waals surface area contributed by atoms with Crippen LogP contribution in [0.15, 0.2) is 47.5 Å². The van der Waals surface area contributed by atoms with E-state index in [1.807, 2.05) is 13.8 Å². The molecule has 0 spiro atoms. The summed E-state index contributed by atoms with van der Waals surface area (Å²) in [7, 11) is 0. The van der Waals surface area contributed by atoms with Crippen molar-refractivity contribution < 1.29 is 18.0 Å². The number of guanidine groups is 1. The van der Waals surface area contributed by atoms with Crippen LogP contribution in [0.3, 0.4) is 0 Å². The van der Waals surface area contributed by atoms with Gasteiger partial charge in [-0.1, -0.05) is 26.0 Å². The van der Waals surface area contributed by atoms with Crippen LogP contribution in [0.5, 0.6) is 0 Å². The fourth-order valence-electron chi connectivity index (χ4n) is 2.57. The van der Waals surface area contributed by atoms with Gasteiger partial charge in [0.25, 0.3) is 5.91 Å². The second kappa shape index (κ2) is 10.7. The first-order valence-corrected chi connectivity index (χ1v) is 9.49. The van der Waals surface area contributed by atoms with Crippen molar-refractivity contribution in [2.24, 2.45) is 22.4 Å². The monoisotopic (exact) mass is 421 g/mol. The molecule has 0 saturated carbocycles. The zero-order chi connectivity index (χ0) is 22.3. The lowest BCUT2D eigenvalue weighted by molar-refractivity contribution is 0.0975. The number of halogens is 3. The second-order valence-electron chi connectivity index (χ2n) is 7.31. The first kappa shape index (κ1) is 23.4. The Balaban J connectivity index is 2.06. The summed E-state index contributed by atoms with van der Waals surface area (Å²) in [5.74, 6) is -2.90. The minimum absolute atomic E-state index is 0.0652. The summed E-state index contributed by atoms with van der Waals surface area (Å²) in [5, 5.41) is 5.41. The Labute approximate surface area is 173 Å². The van der Waals surface area contributed by atoms with Crippen LogP contribution in [0.1, 0.15) is 42.2 Å². The minimum atomic E-state index is -1.13. The zero-order valence-corrected chi connectivity index (χ0v) is 16.8. The number of nitrogens with two attached hydrogens (primary N) is 2. The Hall–Kier alpha value is -2.91. The van der Waals surface area contributed by atoms with Gasteiger partial charge in [0.1, 0.15) is 5.82 Å². The van der Waals surface area contributed by atoms with E-state index in [9.17, 15) is 18.0 Å². The van der Waals surface area contributed by atoms with Crippen LogP contribution in [-0.4, -0.2) is 24.6 Å². The van der Waals surface area contributed by atoms with Crippen LogP contribution >= 0.6 is 0 Å². The number of rotatable bonds is 7. The summed E-state index contributed by atoms with van der Waals surface area (Å²) < 4.78 is 39.6. The number of benzene rings is 2. The van der Waals surface area contributed by atoms with Crippen molar-refractivity contribution in [2.75, 3.05) is 6.54 Å². The zero-order valence-electron chi connectivity index (χ0n) is 16.8. The van der Waals surface area contributed by atoms with Crippen LogP contribution in [-0.2, 0) is 0 Å². The van der Waals surface area contributed by atoms with E-state index in [-0.39, 0.29) is 29.7 Å². The number of nitrogens with one attached hydrogen (secondary N) is 2. The van der Waals surface area contributed by atoms with Gasteiger partial charge in [-0.2, -0.15) is 0 Å². The van der Waals surface area contributed by atoms with Crippen molar-refractivity contribution in [3.8, 4) is 0 Å². The van der Waals surface area contributed by atoms with Crippen LogP contribution in [0.4, 0.5) is 13.2 Å². The molecule has 0 bridgehead atoms. The fourth-order valence-corrected chi connectivity index (χ4v) is 2.57. The molecule has 0 aromatic heterocycles. The number of hydrogen-bond donors (Lipinski definition) is 4. The van der Waals surface area contributed by atoms with Crippen molar-refractivity contribution in [3.05, 3.63) is 71.0 Å². The molecule has 2 aromatic rings. The van der Waals surface area contributed by atoms with Gasteiger partial charge >= 0.3 is 0 Å². The lowest BCUT2D eigenvalue weighted by Crippen LogP contribution is -2.50. The molecule has 6 nitrogen and oxygen atoms in total. The van der Waals surface area contributed by atoms with E-state index in [2.05, 4.69) is 15.6 Å². The normalized spacial score (nSPS) is 13.8. The third-order valence-electron chi connectivity index (χ3n) is 4.16. The van der Waals surface area contributed by atoms with Crippen LogP contribution in [0.2, 0.25) is 0 Å². The lowest BCUT2D eigenvalue weighted by atomic mass is 10.0. The predicted octanol–water partition coefficient (Wildman–Crippen LogP) is 2.81. The van der Waals surface area contributed by atoms with Gasteiger partial charge in [0.05, 0.1) is 6.17 Å². The largest absolute Gasteiger partial charge is 0.341 e. The molecule has 2 rings (SSSR count). The van der Waals surface area contributed by atoms with Crippen LogP contribution < -0.4 is 22.1 Å². The van der Waals surface area contributed by atoms with E-state index in [1.165, 1.54) is 12.1 Å². The summed E-state index contributed by atoms with van der Waals surface area (Å²) in [5.41, 5.74) is 12.9. The molecule has 2 aromatic carbocycles. The Kier molecular flexibility index (Phi) is 8.37. The van der Waals surface area contributed by atoms with Crippen LogP contribution in [0.25, 0.3) is 0 Å². The van der Waals surface area contributed by atoms with Crippen molar-refractivity contribution in [3.63, 3.8) is 0 Å². The van der Waals surface area contributed by atoms with Crippen molar-refractivity contribution in [1.29, 1.82) is 0 Å². The van der Waals surface area contributed by atoms with Gasteiger partial charge in [-0.3, -0.25) is 15.1 Å². The predicted molar refractivity (Wildman–Crippen MR) is 110 cm³/mol. The molecule has 0 aliphatic carbocycles. The third-order valence-corrected chi connectivity index (χ3v) is 4.16. The molecular formula is C21H26F3N5O. The molecule has 0 radical (unpaired) electrons. The fraction of sp³-hybridized carbons (Fsp3) is 0.333. The van der Waals surface area contributed by atoms with E-state index in [1.54, 1.807) is 12.1 Å². The van der Waals surface area contributed by atoms with Crippen molar-refractivity contribution in [2.45, 2.75) is 32.5 Å². The maximum absolute atomic E-state index is 13.4. The van der Waals surface area contributed by atoms with Gasteiger partial charge in [-0.25, -0.2) is 13.2 Å². The first-order valence-electron chi connectivity index (χ1n) is 9.49. The Morgan fingerprint density at radius 1 is 1.03 bits per heavy atom. The van der Waals surface area contributed by atoms with Gasteiger partial charge in [0.15, 0.2) is 17.6 Å². The molecule has 0 aliphatic rings. The number of carbonyl (C=O) groups excluding carboxylic acids is 1. The second-order valence-corrected chi connectivity index (χ2v) is 7.31. The standard InChI is InChI=1S/C21H26F3N5O/c1-12(2)11-27-21(29-20(30)14-5-8-16(23)17(24)9-14)28-19(26)10-18(25)13-3-6-15(22)7-4-13/h3-9,12,18-19H,10-11,25-26H2,1-2H3,(H2,27,28,29,30). The topological polar surface area (TPSA) is 106 Å². The average Bonchev–Trinajstić information content (AvgIpc) is 2.68. The highest BCUT2D eigenvalue weighted by Crippen LogP contribution is 2.15. The molecule has 6 N–H and O–H groups in total. The van der Waals surface area contributed by atoms with Crippen LogP contribution in [0, 0.1) is 23.4 Å². The molecule has 0 saturated heterocycles. The first-order chi connectivity index (χ1) is 14.2. The molecule has 1 amide bonds. The van der Waals surface area contributed by atoms with Crippen molar-refractivity contribution >= 4 is 11.9 Å². The summed E-state index contributed by atoms with van der Waals surface area (Å²) in [6.07, 6.45) is -0.408. The van der Waals surface area contributed by atoms with Gasteiger partial charge in [0, 0.05) is 18.2 Å². The van der Waals surface area contributed by atoms with Gasteiger partial charge in [-0.05, 0) is 48.2 Å². The molecule has 2 unspecified atom stereocenters. The maximum Gasteiger partial charge on any atom is 0.258 e. The minimum Gasteiger partial charge on any atom is -0.341 e. The summed E-state index contributed by atoms with van der Waals surface area (Å²) in [6, 6.07) is 8.14. The number of aliphatic imine (C=N–C) groups is 1. The number of hydrogen-bond acceptors (Lipinski definition) is 4. The summed E-state index contributed by atoms with van der Waals surface area (Å²) >= 11 is 0. The van der Waals surface area contributed by atoms with Gasteiger partial charge in [-0.15, -0.1) is 0 Å². The van der Waals surface area contributed by atoms with Crippen molar-refractivity contribution in [1.82, 2.24) is 10.6 Å². The number of carbonyl (C=O) groups is 1. The molecule has 0 heterocycles. The van der Waals surface area contributed by atoms with E-state index in [4.69, 9.17) is 11.5 Å². The quantitative estimate of drug-likeness (QED) is 0.313. The third kappa shape index (κ3) is 7.16. The number of amides is 1. The Morgan fingerprint density at radius 2 is 1.70 bits per heavy atom. The summed E-state index contributed by atoms with van der Waals surface area (Å²) in [6.45, 7) is 4.29. The Bertz CT molecular complexity index is 887. The summed E-state index contributed by atoms with van der Waals surface area (Å²) in [4.78, 5) is 16.7. The maximum atomic E-state index is 13.4. The van der Waals surface area contributed by atoms with E-state index in [0.29, 0.717) is 12.1 Å². The molecule has 2 atom stereocenters. The van der Waals surface area contributed by atoms with Gasteiger partial charge < -0.3 is 16.8 Å². The highest BCUT2D eigenvalue weighted by molar-refractivity contribution is 6.05. The molecule has 0 fully saturated rings. The average molecular weight is 421 g/mol. The molecule has 162 valence electrons. The van der Waals surface area contributed by atoms with E-state index in [0.717, 1.165) is 18.2 Å². The highest BCUT2D eigenvalue weighted by Gasteiger charge is 2.16. The SMILES string of the molecule is CC(C)CN=C(NC(=O)c1ccc(F)c(F)c1)NC(N)CC(N)c1ccc(F)cc1. The highest BCUT2D eigenvalue weighted by atomic mass is 19.2. The van der Waals surface area contributed by atoms with E-state index >= 15 is 0 Å². The lowest BCUT2D eigenvalue weighted by Gasteiger charge is -2.21. The molecule has 30 heavy (non-hydrogen) atoms. The Morgan fingerprint density at radius 3 is 2.30 bits per heavy atom. The molecular weight excluding hydrogens is 395 g/mol. The smallest absolute Gasteiger partial charge is 0.258 e.